The summed E-state index contributed by atoms with van der Waals surface area (Å²) in [5.74, 6) is 1.78. The van der Waals surface area contributed by atoms with E-state index in [0.29, 0.717) is 25.4 Å². The molecule has 1 atom stereocenters. The average molecular weight is 425 g/mol. The molecule has 0 aromatic rings. The fourth-order valence-corrected chi connectivity index (χ4v) is 3.02. The summed E-state index contributed by atoms with van der Waals surface area (Å²) in [4.78, 5) is 4.29. The van der Waals surface area contributed by atoms with Gasteiger partial charge in [0.15, 0.2) is 5.96 Å². The molecule has 0 bridgehead atoms. The minimum Gasteiger partial charge on any atom is -0.377 e. The van der Waals surface area contributed by atoms with Crippen LogP contribution in [0, 0.1) is 5.92 Å². The van der Waals surface area contributed by atoms with Gasteiger partial charge in [-0.2, -0.15) is 0 Å². The fourth-order valence-electron chi connectivity index (χ4n) is 3.02. The third-order valence-corrected chi connectivity index (χ3v) is 4.45. The van der Waals surface area contributed by atoms with Crippen LogP contribution in [0.2, 0.25) is 0 Å². The lowest BCUT2D eigenvalue weighted by atomic mass is 9.87. The van der Waals surface area contributed by atoms with E-state index < -0.39 is 0 Å². The number of nitrogens with zero attached hydrogens (tertiary/aromatic N) is 1. The first-order valence-electron chi connectivity index (χ1n) is 8.44. The van der Waals surface area contributed by atoms with E-state index in [2.05, 4.69) is 22.5 Å². The minimum atomic E-state index is 0. The second-order valence-electron chi connectivity index (χ2n) is 6.31. The monoisotopic (exact) mass is 425 g/mol. The lowest BCUT2D eigenvalue weighted by Gasteiger charge is -2.28. The van der Waals surface area contributed by atoms with Gasteiger partial charge in [-0.3, -0.25) is 4.99 Å². The largest absolute Gasteiger partial charge is 0.377 e. The zero-order valence-electron chi connectivity index (χ0n) is 14.0. The number of halogens is 1. The van der Waals surface area contributed by atoms with Crippen LogP contribution in [0.3, 0.4) is 0 Å². The molecule has 1 unspecified atom stereocenters. The zero-order valence-corrected chi connectivity index (χ0v) is 16.3. The Morgan fingerprint density at radius 3 is 2.64 bits per heavy atom. The molecule has 0 amide bonds. The Kier molecular flexibility index (Phi) is 10.4. The van der Waals surface area contributed by atoms with Gasteiger partial charge in [0.1, 0.15) is 0 Å². The first-order valence-corrected chi connectivity index (χ1v) is 8.44. The highest BCUT2D eigenvalue weighted by Gasteiger charge is 2.19. The van der Waals surface area contributed by atoms with E-state index in [0.717, 1.165) is 31.4 Å². The molecule has 2 N–H and O–H groups in total. The number of guanidine groups is 1. The zero-order chi connectivity index (χ0) is 14.9. The summed E-state index contributed by atoms with van der Waals surface area (Å²) >= 11 is 0. The van der Waals surface area contributed by atoms with Gasteiger partial charge in [-0.1, -0.05) is 6.92 Å². The van der Waals surface area contributed by atoms with E-state index >= 15 is 0 Å². The number of rotatable bonds is 6. The van der Waals surface area contributed by atoms with Crippen molar-refractivity contribution in [1.29, 1.82) is 0 Å². The van der Waals surface area contributed by atoms with Crippen LogP contribution in [0.25, 0.3) is 0 Å². The predicted molar refractivity (Wildman–Crippen MR) is 101 cm³/mol. The van der Waals surface area contributed by atoms with E-state index in [-0.39, 0.29) is 24.0 Å². The Bertz CT molecular complexity index is 315. The van der Waals surface area contributed by atoms with Crippen LogP contribution in [0.5, 0.6) is 0 Å². The van der Waals surface area contributed by atoms with Crippen molar-refractivity contribution < 1.29 is 9.47 Å². The highest BCUT2D eigenvalue weighted by atomic mass is 127. The minimum absolute atomic E-state index is 0. The molecular weight excluding hydrogens is 393 g/mol. The van der Waals surface area contributed by atoms with Crippen molar-refractivity contribution in [2.75, 3.05) is 33.4 Å². The number of aliphatic imine (C=N–C) groups is 1. The van der Waals surface area contributed by atoms with Crippen molar-refractivity contribution in [1.82, 2.24) is 10.6 Å². The van der Waals surface area contributed by atoms with Gasteiger partial charge in [0.2, 0.25) is 0 Å². The van der Waals surface area contributed by atoms with Crippen LogP contribution >= 0.6 is 24.0 Å². The number of nitrogens with one attached hydrogen (secondary N) is 2. The first kappa shape index (κ1) is 20.0. The smallest absolute Gasteiger partial charge is 0.191 e. The molecule has 6 heteroatoms. The van der Waals surface area contributed by atoms with Gasteiger partial charge in [-0.25, -0.2) is 0 Å². The van der Waals surface area contributed by atoms with Crippen LogP contribution in [0.1, 0.15) is 45.4 Å². The molecule has 130 valence electrons. The molecule has 1 aliphatic carbocycles. The lowest BCUT2D eigenvalue weighted by molar-refractivity contribution is 0.0191. The molecule has 5 nitrogen and oxygen atoms in total. The van der Waals surface area contributed by atoms with E-state index in [1.165, 1.54) is 32.1 Å². The quantitative estimate of drug-likeness (QED) is 0.297. The Morgan fingerprint density at radius 1 is 1.23 bits per heavy atom. The summed E-state index contributed by atoms with van der Waals surface area (Å²) in [5, 5.41) is 6.84. The molecule has 0 aromatic heterocycles. The van der Waals surface area contributed by atoms with Crippen LogP contribution in [-0.4, -0.2) is 51.5 Å². The second kappa shape index (κ2) is 11.5. The summed E-state index contributed by atoms with van der Waals surface area (Å²) in [6, 6.07) is 0.570. The summed E-state index contributed by atoms with van der Waals surface area (Å²) in [5.41, 5.74) is 0. The maximum atomic E-state index is 5.65. The SMILES string of the molecule is CN=C(NCCOCC1CCCO1)NC1CCC(C)CC1.I. The van der Waals surface area contributed by atoms with E-state index in [9.17, 15) is 0 Å². The van der Waals surface area contributed by atoms with Gasteiger partial charge in [0, 0.05) is 26.2 Å². The second-order valence-corrected chi connectivity index (χ2v) is 6.31. The molecule has 1 aliphatic heterocycles. The lowest BCUT2D eigenvalue weighted by Crippen LogP contribution is -2.45. The van der Waals surface area contributed by atoms with E-state index in [4.69, 9.17) is 9.47 Å². The highest BCUT2D eigenvalue weighted by Crippen LogP contribution is 2.23. The average Bonchev–Trinajstić information content (AvgIpc) is 3.01. The summed E-state index contributed by atoms with van der Waals surface area (Å²) in [6.45, 7) is 5.43. The van der Waals surface area contributed by atoms with Gasteiger partial charge < -0.3 is 20.1 Å². The van der Waals surface area contributed by atoms with Crippen LogP contribution < -0.4 is 10.6 Å². The Hall–Kier alpha value is -0.0800. The molecule has 0 radical (unpaired) electrons. The van der Waals surface area contributed by atoms with Crippen LogP contribution in [0.15, 0.2) is 4.99 Å². The topological polar surface area (TPSA) is 54.9 Å². The maximum absolute atomic E-state index is 5.65. The molecule has 2 fully saturated rings. The molecule has 22 heavy (non-hydrogen) atoms. The third-order valence-electron chi connectivity index (χ3n) is 4.45. The molecule has 0 aromatic carbocycles. The third kappa shape index (κ3) is 7.46. The standard InChI is InChI=1S/C16H31N3O2.HI/c1-13-5-7-14(8-6-13)19-16(17-2)18-9-11-20-12-15-4-3-10-21-15;/h13-15H,3-12H2,1-2H3,(H2,17,18,19);1H. The molecule has 1 saturated heterocycles. The maximum Gasteiger partial charge on any atom is 0.191 e. The van der Waals surface area contributed by atoms with Crippen molar-refractivity contribution in [2.45, 2.75) is 57.6 Å². The molecule has 1 heterocycles. The van der Waals surface area contributed by atoms with Gasteiger partial charge >= 0.3 is 0 Å². The van der Waals surface area contributed by atoms with Gasteiger partial charge in [0.05, 0.1) is 19.3 Å². The molecule has 2 aliphatic rings. The molecule has 2 rings (SSSR count). The summed E-state index contributed by atoms with van der Waals surface area (Å²) in [6.07, 6.45) is 7.75. The predicted octanol–water partition coefficient (Wildman–Crippen LogP) is 2.54. The van der Waals surface area contributed by atoms with Crippen LogP contribution in [0.4, 0.5) is 0 Å². The molecule has 0 spiro atoms. The van der Waals surface area contributed by atoms with Crippen molar-refractivity contribution in [3.63, 3.8) is 0 Å². The summed E-state index contributed by atoms with van der Waals surface area (Å²) in [7, 11) is 1.83. The molecule has 1 saturated carbocycles. The van der Waals surface area contributed by atoms with Crippen molar-refractivity contribution in [3.05, 3.63) is 0 Å². The Labute approximate surface area is 152 Å². The summed E-state index contributed by atoms with van der Waals surface area (Å²) < 4.78 is 11.2. The number of hydrogen-bond acceptors (Lipinski definition) is 3. The van der Waals surface area contributed by atoms with Gasteiger partial charge in [-0.15, -0.1) is 24.0 Å². The van der Waals surface area contributed by atoms with Crippen molar-refractivity contribution in [2.24, 2.45) is 10.9 Å². The normalized spacial score (nSPS) is 29.0. The van der Waals surface area contributed by atoms with Crippen LogP contribution in [-0.2, 0) is 9.47 Å². The van der Waals surface area contributed by atoms with Gasteiger partial charge in [-0.05, 0) is 44.4 Å². The van der Waals surface area contributed by atoms with Gasteiger partial charge in [0.25, 0.3) is 0 Å². The number of hydrogen-bond donors (Lipinski definition) is 2. The highest BCUT2D eigenvalue weighted by molar-refractivity contribution is 14.0. The number of ether oxygens (including phenoxy) is 2. The first-order chi connectivity index (χ1) is 10.3. The van der Waals surface area contributed by atoms with Crippen molar-refractivity contribution in [3.8, 4) is 0 Å². The molecular formula is C16H32IN3O2. The Morgan fingerprint density at radius 2 is 2.00 bits per heavy atom. The fraction of sp³-hybridized carbons (Fsp3) is 0.938. The van der Waals surface area contributed by atoms with E-state index in [1.807, 2.05) is 7.05 Å². The Balaban J connectivity index is 0.00000242. The van der Waals surface area contributed by atoms with E-state index in [1.54, 1.807) is 0 Å². The van der Waals surface area contributed by atoms with Crippen molar-refractivity contribution >= 4 is 29.9 Å².